The molecule has 2 aromatic heterocycles. The summed E-state index contributed by atoms with van der Waals surface area (Å²) in [5, 5.41) is 5.28. The molecule has 1 aromatic carbocycles. The number of primary amides is 1. The lowest BCUT2D eigenvalue weighted by atomic mass is 9.90. The second-order valence-electron chi connectivity index (χ2n) is 7.74. The van der Waals surface area contributed by atoms with Crippen LogP contribution in [-0.4, -0.2) is 44.6 Å². The first kappa shape index (κ1) is 19.1. The minimum Gasteiger partial charge on any atom is -0.366 e. The number of aromatic nitrogens is 3. The molecule has 0 aliphatic carbocycles. The summed E-state index contributed by atoms with van der Waals surface area (Å²) >= 11 is 0. The maximum Gasteiger partial charge on any atom is 0.250 e. The molecule has 0 radical (unpaired) electrons. The quantitative estimate of drug-likeness (QED) is 0.739. The van der Waals surface area contributed by atoms with Crippen LogP contribution in [0.5, 0.6) is 0 Å². The highest BCUT2D eigenvalue weighted by Gasteiger charge is 2.29. The van der Waals surface area contributed by atoms with Gasteiger partial charge in [-0.3, -0.25) is 19.3 Å². The number of carbonyl (C=O) groups is 2. The molecule has 0 spiro atoms. The van der Waals surface area contributed by atoms with Crippen LogP contribution in [-0.2, 0) is 11.3 Å². The smallest absolute Gasteiger partial charge is 0.250 e. The Labute approximate surface area is 169 Å². The summed E-state index contributed by atoms with van der Waals surface area (Å²) in [5.74, 6) is -0.466. The molecule has 4 rings (SSSR count). The van der Waals surface area contributed by atoms with E-state index in [9.17, 15) is 9.59 Å². The van der Waals surface area contributed by atoms with Crippen LogP contribution in [0.4, 0.5) is 0 Å². The first-order chi connectivity index (χ1) is 13.9. The summed E-state index contributed by atoms with van der Waals surface area (Å²) in [7, 11) is 0. The Hall–Kier alpha value is -3.22. The highest BCUT2D eigenvalue weighted by Crippen LogP contribution is 2.30. The van der Waals surface area contributed by atoms with Gasteiger partial charge in [-0.1, -0.05) is 18.2 Å². The number of piperidine rings is 1. The topological polar surface area (TPSA) is 94.1 Å². The van der Waals surface area contributed by atoms with Crippen molar-refractivity contribution in [1.82, 2.24) is 19.7 Å². The number of hydrogen-bond donors (Lipinski definition) is 1. The Balaban J connectivity index is 1.59. The average molecular weight is 391 g/mol. The van der Waals surface area contributed by atoms with Gasteiger partial charge in [0.2, 0.25) is 5.91 Å². The van der Waals surface area contributed by atoms with E-state index in [1.807, 2.05) is 55.1 Å². The van der Waals surface area contributed by atoms with Crippen molar-refractivity contribution in [3.63, 3.8) is 0 Å². The van der Waals surface area contributed by atoms with E-state index in [0.717, 1.165) is 35.1 Å². The summed E-state index contributed by atoms with van der Waals surface area (Å²) in [6, 6.07) is 11.5. The molecular weight excluding hydrogens is 366 g/mol. The van der Waals surface area contributed by atoms with Crippen LogP contribution in [0.2, 0.25) is 0 Å². The Bertz CT molecular complexity index is 1090. The van der Waals surface area contributed by atoms with Gasteiger partial charge in [0, 0.05) is 30.1 Å². The minimum atomic E-state index is -0.482. The fourth-order valence-electron chi connectivity index (χ4n) is 4.13. The number of nitrogens with two attached hydrogens (primary N) is 1. The molecular formula is C22H25N5O2. The van der Waals surface area contributed by atoms with Crippen molar-refractivity contribution in [2.24, 2.45) is 5.73 Å². The molecule has 1 unspecified atom stereocenters. The third-order valence-electron chi connectivity index (χ3n) is 5.57. The molecule has 7 heteroatoms. The van der Waals surface area contributed by atoms with Gasteiger partial charge in [-0.05, 0) is 44.9 Å². The van der Waals surface area contributed by atoms with Gasteiger partial charge in [-0.2, -0.15) is 5.10 Å². The minimum absolute atomic E-state index is 0.0136. The van der Waals surface area contributed by atoms with Gasteiger partial charge in [0.05, 0.1) is 22.5 Å². The molecule has 2 amide bonds. The molecule has 1 saturated heterocycles. The highest BCUT2D eigenvalue weighted by molar-refractivity contribution is 5.97. The van der Waals surface area contributed by atoms with Crippen LogP contribution in [0.25, 0.3) is 10.9 Å². The molecule has 1 aliphatic rings. The normalized spacial score (nSPS) is 16.9. The molecule has 0 saturated carbocycles. The lowest BCUT2D eigenvalue weighted by Crippen LogP contribution is -2.41. The zero-order chi connectivity index (χ0) is 20.5. The predicted molar refractivity (Wildman–Crippen MR) is 111 cm³/mol. The maximum atomic E-state index is 12.9. The summed E-state index contributed by atoms with van der Waals surface area (Å²) in [6.07, 6.45) is 1.73. The second-order valence-corrected chi connectivity index (χ2v) is 7.74. The number of carbonyl (C=O) groups excluding carboxylic acids is 2. The zero-order valence-electron chi connectivity index (χ0n) is 16.8. The van der Waals surface area contributed by atoms with Gasteiger partial charge in [-0.25, -0.2) is 0 Å². The number of amides is 2. The number of para-hydroxylation sites is 1. The third kappa shape index (κ3) is 3.85. The van der Waals surface area contributed by atoms with E-state index in [0.29, 0.717) is 24.3 Å². The Morgan fingerprint density at radius 2 is 2.00 bits per heavy atom. The molecule has 1 fully saturated rings. The molecule has 1 atom stereocenters. The zero-order valence-corrected chi connectivity index (χ0v) is 16.8. The molecule has 2 N–H and O–H groups in total. The van der Waals surface area contributed by atoms with Crippen LogP contribution >= 0.6 is 0 Å². The second kappa shape index (κ2) is 7.66. The Kier molecular flexibility index (Phi) is 5.05. The largest absolute Gasteiger partial charge is 0.366 e. The van der Waals surface area contributed by atoms with E-state index >= 15 is 0 Å². The van der Waals surface area contributed by atoms with E-state index in [1.165, 1.54) is 0 Å². The van der Waals surface area contributed by atoms with Gasteiger partial charge >= 0.3 is 0 Å². The SMILES string of the molecule is Cc1cc(C)n(CC(=O)N2CCCC(c3nc4ccccc4cc3C(N)=O)C2)n1. The van der Waals surface area contributed by atoms with Crippen LogP contribution in [0.3, 0.4) is 0 Å². The number of rotatable bonds is 4. The fraction of sp³-hybridized carbons (Fsp3) is 0.364. The molecule has 3 heterocycles. The number of nitrogens with zero attached hydrogens (tertiary/aromatic N) is 4. The van der Waals surface area contributed by atoms with Crippen LogP contribution in [0.1, 0.15) is 46.2 Å². The lowest BCUT2D eigenvalue weighted by Gasteiger charge is -2.33. The number of likely N-dealkylation sites (tertiary alicyclic amines) is 1. The van der Waals surface area contributed by atoms with Gasteiger partial charge < -0.3 is 10.6 Å². The number of fused-ring (bicyclic) bond motifs is 1. The maximum absolute atomic E-state index is 12.9. The van der Waals surface area contributed by atoms with Gasteiger partial charge in [0.25, 0.3) is 5.91 Å². The van der Waals surface area contributed by atoms with Crippen molar-refractivity contribution >= 4 is 22.7 Å². The first-order valence-corrected chi connectivity index (χ1v) is 9.90. The van der Waals surface area contributed by atoms with Crippen molar-refractivity contribution < 1.29 is 9.59 Å². The van der Waals surface area contributed by atoms with E-state index < -0.39 is 5.91 Å². The molecule has 7 nitrogen and oxygen atoms in total. The number of aryl methyl sites for hydroxylation is 2. The van der Waals surface area contributed by atoms with E-state index in [-0.39, 0.29) is 18.4 Å². The molecule has 29 heavy (non-hydrogen) atoms. The Morgan fingerprint density at radius 1 is 1.21 bits per heavy atom. The fourth-order valence-corrected chi connectivity index (χ4v) is 4.13. The number of hydrogen-bond acceptors (Lipinski definition) is 4. The van der Waals surface area contributed by atoms with Crippen LogP contribution < -0.4 is 5.73 Å². The van der Waals surface area contributed by atoms with Gasteiger partial charge in [0.15, 0.2) is 0 Å². The average Bonchev–Trinajstić information content (AvgIpc) is 3.03. The van der Waals surface area contributed by atoms with E-state index in [4.69, 9.17) is 10.7 Å². The van der Waals surface area contributed by atoms with Crippen molar-refractivity contribution in [2.45, 2.75) is 39.2 Å². The van der Waals surface area contributed by atoms with Crippen molar-refractivity contribution in [2.75, 3.05) is 13.1 Å². The molecule has 0 bridgehead atoms. The van der Waals surface area contributed by atoms with Gasteiger partial charge in [-0.15, -0.1) is 0 Å². The summed E-state index contributed by atoms with van der Waals surface area (Å²) in [4.78, 5) is 31.6. The summed E-state index contributed by atoms with van der Waals surface area (Å²) in [6.45, 7) is 5.32. The van der Waals surface area contributed by atoms with Crippen molar-refractivity contribution in [1.29, 1.82) is 0 Å². The summed E-state index contributed by atoms with van der Waals surface area (Å²) < 4.78 is 1.74. The number of benzene rings is 1. The standard InChI is InChI=1S/C22H25N5O2/c1-14-10-15(2)27(25-14)13-20(28)26-9-5-7-17(12-26)21-18(22(23)29)11-16-6-3-4-8-19(16)24-21/h3-4,6,8,10-11,17H,5,7,9,12-13H2,1-2H3,(H2,23,29). The lowest BCUT2D eigenvalue weighted by molar-refractivity contribution is -0.133. The van der Waals surface area contributed by atoms with E-state index in [2.05, 4.69) is 5.10 Å². The third-order valence-corrected chi connectivity index (χ3v) is 5.57. The molecule has 150 valence electrons. The summed E-state index contributed by atoms with van der Waals surface area (Å²) in [5.41, 5.74) is 9.50. The monoisotopic (exact) mass is 391 g/mol. The van der Waals surface area contributed by atoms with Crippen LogP contribution in [0, 0.1) is 13.8 Å². The molecule has 3 aromatic rings. The van der Waals surface area contributed by atoms with Gasteiger partial charge in [0.1, 0.15) is 6.54 Å². The highest BCUT2D eigenvalue weighted by atomic mass is 16.2. The Morgan fingerprint density at radius 3 is 2.72 bits per heavy atom. The first-order valence-electron chi connectivity index (χ1n) is 9.90. The number of pyridine rings is 1. The van der Waals surface area contributed by atoms with E-state index in [1.54, 1.807) is 4.68 Å². The van der Waals surface area contributed by atoms with Crippen molar-refractivity contribution in [3.8, 4) is 0 Å². The molecule has 1 aliphatic heterocycles. The van der Waals surface area contributed by atoms with Crippen molar-refractivity contribution in [3.05, 3.63) is 59.0 Å². The van der Waals surface area contributed by atoms with Crippen LogP contribution in [0.15, 0.2) is 36.4 Å². The predicted octanol–water partition coefficient (Wildman–Crippen LogP) is 2.55.